The molecule has 1 amide bonds. The molecule has 0 aliphatic carbocycles. The number of esters is 1. The molecular weight excluding hydrogens is 446 g/mol. The van der Waals surface area contributed by atoms with Crippen LogP contribution in [-0.4, -0.2) is 21.8 Å². The number of pyridine rings is 1. The molecule has 9 heteroatoms. The molecule has 0 bridgehead atoms. The van der Waals surface area contributed by atoms with Crippen molar-refractivity contribution in [2.45, 2.75) is 6.10 Å². The summed E-state index contributed by atoms with van der Waals surface area (Å²) in [6, 6.07) is 22.8. The maximum absolute atomic E-state index is 13.0. The Hall–Kier alpha value is -4.30. The minimum atomic E-state index is -1.32. The summed E-state index contributed by atoms with van der Waals surface area (Å²) in [7, 11) is 0. The third kappa shape index (κ3) is 4.97. The van der Waals surface area contributed by atoms with E-state index in [9.17, 15) is 19.7 Å². The van der Waals surface area contributed by atoms with Gasteiger partial charge in [-0.1, -0.05) is 66.2 Å². The maximum atomic E-state index is 13.0. The predicted octanol–water partition coefficient (Wildman–Crippen LogP) is 5.33. The molecule has 1 aromatic heterocycles. The van der Waals surface area contributed by atoms with Gasteiger partial charge < -0.3 is 10.1 Å². The van der Waals surface area contributed by atoms with Crippen LogP contribution < -0.4 is 5.32 Å². The Morgan fingerprint density at radius 2 is 1.70 bits per heavy atom. The van der Waals surface area contributed by atoms with Gasteiger partial charge in [0.15, 0.2) is 0 Å². The third-order valence-electron chi connectivity index (χ3n) is 4.78. The van der Waals surface area contributed by atoms with Gasteiger partial charge in [0.1, 0.15) is 10.7 Å². The van der Waals surface area contributed by atoms with E-state index in [-0.39, 0.29) is 22.1 Å². The molecule has 0 radical (unpaired) electrons. The number of hydrogen-bond donors (Lipinski definition) is 1. The second-order valence-electron chi connectivity index (χ2n) is 7.00. The van der Waals surface area contributed by atoms with Crippen molar-refractivity contribution >= 4 is 45.8 Å². The number of rotatable bonds is 6. The average Bonchev–Trinajstić information content (AvgIpc) is 2.83. The number of nitro groups is 1. The molecule has 1 N–H and O–H groups in total. The lowest BCUT2D eigenvalue weighted by atomic mass is 10.1. The quantitative estimate of drug-likeness (QED) is 0.236. The van der Waals surface area contributed by atoms with Crippen LogP contribution in [0.5, 0.6) is 0 Å². The minimum Gasteiger partial charge on any atom is -0.443 e. The van der Waals surface area contributed by atoms with Gasteiger partial charge in [-0.15, -0.1) is 0 Å². The van der Waals surface area contributed by atoms with Crippen LogP contribution in [0.2, 0.25) is 5.02 Å². The van der Waals surface area contributed by atoms with Crippen molar-refractivity contribution in [3.63, 3.8) is 0 Å². The van der Waals surface area contributed by atoms with Gasteiger partial charge in [-0.05, 0) is 24.3 Å². The van der Waals surface area contributed by atoms with Gasteiger partial charge in [-0.2, -0.15) is 0 Å². The average molecular weight is 462 g/mol. The van der Waals surface area contributed by atoms with E-state index in [1.807, 2.05) is 12.1 Å². The first kappa shape index (κ1) is 21.9. The van der Waals surface area contributed by atoms with Crippen molar-refractivity contribution in [3.8, 4) is 0 Å². The lowest BCUT2D eigenvalue weighted by Gasteiger charge is -2.18. The molecule has 8 nitrogen and oxygen atoms in total. The summed E-state index contributed by atoms with van der Waals surface area (Å²) in [5, 5.41) is 14.5. The number of para-hydroxylation sites is 1. The Balaban J connectivity index is 1.61. The number of carbonyl (C=O) groups is 2. The summed E-state index contributed by atoms with van der Waals surface area (Å²) in [5.74, 6) is -1.47. The summed E-state index contributed by atoms with van der Waals surface area (Å²) >= 11 is 5.83. The lowest BCUT2D eigenvalue weighted by molar-refractivity contribution is -0.384. The molecule has 4 rings (SSSR count). The van der Waals surface area contributed by atoms with E-state index in [1.165, 1.54) is 18.2 Å². The minimum absolute atomic E-state index is 0.0459. The van der Waals surface area contributed by atoms with E-state index in [4.69, 9.17) is 16.3 Å². The number of nitrogens with zero attached hydrogens (tertiary/aromatic N) is 2. The van der Waals surface area contributed by atoms with Crippen molar-refractivity contribution < 1.29 is 19.2 Å². The number of carbonyl (C=O) groups excluding carboxylic acids is 2. The standard InChI is InChI=1S/C24H16ClN3O5/c25-18-12-11-17(14-21(18)28(31)32)26-23(29)22(16-7-2-1-3-8-16)33-24(30)20-13-10-15-6-4-5-9-19(15)27-20/h1-14,22H,(H,26,29)/t22-/m1/s1. The van der Waals surface area contributed by atoms with Crippen molar-refractivity contribution in [2.24, 2.45) is 0 Å². The van der Waals surface area contributed by atoms with Crippen LogP contribution in [0.25, 0.3) is 10.9 Å². The molecule has 0 aliphatic heterocycles. The Bertz CT molecular complexity index is 1360. The number of hydrogen-bond acceptors (Lipinski definition) is 6. The van der Waals surface area contributed by atoms with Crippen LogP contribution in [-0.2, 0) is 9.53 Å². The second kappa shape index (κ2) is 9.46. The van der Waals surface area contributed by atoms with Gasteiger partial charge in [-0.3, -0.25) is 14.9 Å². The summed E-state index contributed by atoms with van der Waals surface area (Å²) in [6.45, 7) is 0. The summed E-state index contributed by atoms with van der Waals surface area (Å²) in [4.78, 5) is 40.7. The zero-order valence-corrected chi connectivity index (χ0v) is 17.7. The molecule has 0 fully saturated rings. The fourth-order valence-electron chi connectivity index (χ4n) is 3.19. The molecule has 1 heterocycles. The molecule has 33 heavy (non-hydrogen) atoms. The molecule has 0 aliphatic rings. The molecular formula is C24H16ClN3O5. The number of amides is 1. The van der Waals surface area contributed by atoms with Gasteiger partial charge in [-0.25, -0.2) is 9.78 Å². The zero-order chi connectivity index (χ0) is 23.4. The predicted molar refractivity (Wildman–Crippen MR) is 123 cm³/mol. The van der Waals surface area contributed by atoms with Crippen molar-refractivity contribution in [1.29, 1.82) is 0 Å². The van der Waals surface area contributed by atoms with Crippen LogP contribution in [0.4, 0.5) is 11.4 Å². The summed E-state index contributed by atoms with van der Waals surface area (Å²) < 4.78 is 5.53. The molecule has 0 saturated carbocycles. The van der Waals surface area contributed by atoms with Crippen LogP contribution in [0.15, 0.2) is 84.9 Å². The number of ether oxygens (including phenoxy) is 1. The number of benzene rings is 3. The number of nitrogens with one attached hydrogen (secondary N) is 1. The number of halogens is 1. The monoisotopic (exact) mass is 461 g/mol. The fourth-order valence-corrected chi connectivity index (χ4v) is 3.37. The number of anilines is 1. The van der Waals surface area contributed by atoms with Crippen LogP contribution in [0.3, 0.4) is 0 Å². The molecule has 0 saturated heterocycles. The van der Waals surface area contributed by atoms with E-state index in [1.54, 1.807) is 48.5 Å². The first-order valence-corrected chi connectivity index (χ1v) is 10.2. The molecule has 0 spiro atoms. The molecule has 0 unspecified atom stereocenters. The van der Waals surface area contributed by atoms with E-state index in [2.05, 4.69) is 10.3 Å². The van der Waals surface area contributed by atoms with Gasteiger partial charge in [0, 0.05) is 22.7 Å². The largest absolute Gasteiger partial charge is 0.443 e. The van der Waals surface area contributed by atoms with Crippen molar-refractivity contribution in [2.75, 3.05) is 5.32 Å². The zero-order valence-electron chi connectivity index (χ0n) is 17.0. The maximum Gasteiger partial charge on any atom is 0.358 e. The topological polar surface area (TPSA) is 111 Å². The molecule has 3 aromatic carbocycles. The highest BCUT2D eigenvalue weighted by Gasteiger charge is 2.27. The Labute approximate surface area is 192 Å². The third-order valence-corrected chi connectivity index (χ3v) is 5.10. The Kier molecular flexibility index (Phi) is 6.28. The van der Waals surface area contributed by atoms with Crippen LogP contribution >= 0.6 is 11.6 Å². The first-order chi connectivity index (χ1) is 15.9. The highest BCUT2D eigenvalue weighted by atomic mass is 35.5. The summed E-state index contributed by atoms with van der Waals surface area (Å²) in [6.07, 6.45) is -1.32. The summed E-state index contributed by atoms with van der Waals surface area (Å²) in [5.41, 5.74) is 0.860. The molecule has 1 atom stereocenters. The van der Waals surface area contributed by atoms with Gasteiger partial charge in [0.25, 0.3) is 11.6 Å². The van der Waals surface area contributed by atoms with Gasteiger partial charge >= 0.3 is 5.97 Å². The fraction of sp³-hybridized carbons (Fsp3) is 0.0417. The SMILES string of the molecule is O=C(O[C@@H](C(=O)Nc1ccc(Cl)c([N+](=O)[O-])c1)c1ccccc1)c1ccc2ccccc2n1. The lowest BCUT2D eigenvalue weighted by Crippen LogP contribution is -2.26. The molecule has 164 valence electrons. The van der Waals surface area contributed by atoms with Gasteiger partial charge in [0.2, 0.25) is 6.10 Å². The Morgan fingerprint density at radius 3 is 2.45 bits per heavy atom. The van der Waals surface area contributed by atoms with E-state index >= 15 is 0 Å². The van der Waals surface area contributed by atoms with E-state index < -0.39 is 22.9 Å². The number of fused-ring (bicyclic) bond motifs is 1. The van der Waals surface area contributed by atoms with Crippen LogP contribution in [0.1, 0.15) is 22.2 Å². The first-order valence-electron chi connectivity index (χ1n) is 9.79. The number of aromatic nitrogens is 1. The van der Waals surface area contributed by atoms with Crippen molar-refractivity contribution in [1.82, 2.24) is 4.98 Å². The smallest absolute Gasteiger partial charge is 0.358 e. The Morgan fingerprint density at radius 1 is 0.970 bits per heavy atom. The highest BCUT2D eigenvalue weighted by Crippen LogP contribution is 2.29. The van der Waals surface area contributed by atoms with E-state index in [0.29, 0.717) is 11.1 Å². The second-order valence-corrected chi connectivity index (χ2v) is 7.40. The highest BCUT2D eigenvalue weighted by molar-refractivity contribution is 6.32. The number of nitro benzene ring substituents is 1. The van der Waals surface area contributed by atoms with E-state index in [0.717, 1.165) is 11.5 Å². The van der Waals surface area contributed by atoms with Crippen LogP contribution in [0, 0.1) is 10.1 Å². The van der Waals surface area contributed by atoms with Gasteiger partial charge in [0.05, 0.1) is 10.4 Å². The van der Waals surface area contributed by atoms with Crippen molar-refractivity contribution in [3.05, 3.63) is 111 Å². The normalized spacial score (nSPS) is 11.5. The molecule has 4 aromatic rings.